The van der Waals surface area contributed by atoms with E-state index in [1.807, 2.05) is 0 Å². The number of hydrogen-bond acceptors (Lipinski definition) is 3. The standard InChI is InChI=1S/C13H12NO2S/c1-10-9-12(7-8-13(10)14)17(15,16)11-5-3-2-4-6-11/h3-9H,14H2,1H3. The average Bonchev–Trinajstić information content (AvgIpc) is 2.33. The van der Waals surface area contributed by atoms with Crippen molar-refractivity contribution in [1.29, 1.82) is 0 Å². The molecule has 0 unspecified atom stereocenters. The van der Waals surface area contributed by atoms with Gasteiger partial charge in [0, 0.05) is 5.69 Å². The molecule has 87 valence electrons. The lowest BCUT2D eigenvalue weighted by molar-refractivity contribution is 0.596. The summed E-state index contributed by atoms with van der Waals surface area (Å²) in [7, 11) is -3.45. The monoisotopic (exact) mass is 246 g/mol. The second-order valence-corrected chi connectivity index (χ2v) is 5.71. The molecule has 2 N–H and O–H groups in total. The fraction of sp³-hybridized carbons (Fsp3) is 0.0769. The maximum Gasteiger partial charge on any atom is 0.206 e. The molecule has 3 nitrogen and oxygen atoms in total. The van der Waals surface area contributed by atoms with Gasteiger partial charge in [-0.2, -0.15) is 0 Å². The van der Waals surface area contributed by atoms with Gasteiger partial charge in [-0.25, -0.2) is 8.42 Å². The van der Waals surface area contributed by atoms with Crippen LogP contribution in [0.15, 0.2) is 52.3 Å². The van der Waals surface area contributed by atoms with Crippen LogP contribution in [0, 0.1) is 13.0 Å². The van der Waals surface area contributed by atoms with E-state index in [2.05, 4.69) is 6.07 Å². The smallest absolute Gasteiger partial charge is 0.206 e. The molecule has 0 aromatic heterocycles. The van der Waals surface area contributed by atoms with Gasteiger partial charge in [-0.05, 0) is 48.9 Å². The Balaban J connectivity index is 2.57. The van der Waals surface area contributed by atoms with Gasteiger partial charge in [0.2, 0.25) is 9.84 Å². The van der Waals surface area contributed by atoms with Gasteiger partial charge in [0.15, 0.2) is 0 Å². The van der Waals surface area contributed by atoms with E-state index in [4.69, 9.17) is 5.73 Å². The first-order valence-electron chi connectivity index (χ1n) is 5.09. The number of rotatable bonds is 2. The van der Waals surface area contributed by atoms with E-state index >= 15 is 0 Å². The third-order valence-corrected chi connectivity index (χ3v) is 4.32. The first-order chi connectivity index (χ1) is 8.01. The molecule has 0 saturated heterocycles. The highest BCUT2D eigenvalue weighted by molar-refractivity contribution is 7.91. The molecule has 2 aromatic rings. The highest BCUT2D eigenvalue weighted by Crippen LogP contribution is 2.23. The van der Waals surface area contributed by atoms with Crippen molar-refractivity contribution in [3.8, 4) is 0 Å². The number of aryl methyl sites for hydroxylation is 1. The molecule has 0 aliphatic heterocycles. The van der Waals surface area contributed by atoms with E-state index in [1.54, 1.807) is 31.2 Å². The topological polar surface area (TPSA) is 60.2 Å². The second-order valence-electron chi connectivity index (χ2n) is 3.76. The van der Waals surface area contributed by atoms with E-state index in [-0.39, 0.29) is 9.79 Å². The van der Waals surface area contributed by atoms with E-state index in [0.29, 0.717) is 5.69 Å². The van der Waals surface area contributed by atoms with Gasteiger partial charge in [-0.1, -0.05) is 12.1 Å². The van der Waals surface area contributed by atoms with Crippen LogP contribution in [0.3, 0.4) is 0 Å². The van der Waals surface area contributed by atoms with Gasteiger partial charge in [0.1, 0.15) is 0 Å². The van der Waals surface area contributed by atoms with Crippen LogP contribution in [-0.2, 0) is 9.84 Å². The van der Waals surface area contributed by atoms with Gasteiger partial charge in [0.25, 0.3) is 0 Å². The van der Waals surface area contributed by atoms with Crippen LogP contribution in [0.4, 0.5) is 5.69 Å². The molecule has 0 fully saturated rings. The maximum atomic E-state index is 12.2. The van der Waals surface area contributed by atoms with Crippen LogP contribution in [0.5, 0.6) is 0 Å². The molecule has 4 heteroatoms. The van der Waals surface area contributed by atoms with Crippen molar-refractivity contribution in [1.82, 2.24) is 0 Å². The van der Waals surface area contributed by atoms with E-state index in [1.165, 1.54) is 18.2 Å². The first-order valence-corrected chi connectivity index (χ1v) is 6.57. The molecule has 1 radical (unpaired) electrons. The van der Waals surface area contributed by atoms with E-state index < -0.39 is 9.84 Å². The molecule has 0 amide bonds. The minimum Gasteiger partial charge on any atom is -0.399 e. The highest BCUT2D eigenvalue weighted by atomic mass is 32.2. The fourth-order valence-electron chi connectivity index (χ4n) is 1.50. The Morgan fingerprint density at radius 2 is 1.71 bits per heavy atom. The van der Waals surface area contributed by atoms with E-state index in [9.17, 15) is 8.42 Å². The van der Waals surface area contributed by atoms with Gasteiger partial charge < -0.3 is 5.73 Å². The van der Waals surface area contributed by atoms with Crippen LogP contribution < -0.4 is 5.73 Å². The van der Waals surface area contributed by atoms with Crippen molar-refractivity contribution in [3.05, 3.63) is 54.1 Å². The fourth-order valence-corrected chi connectivity index (χ4v) is 2.85. The molecular formula is C13H12NO2S. The largest absolute Gasteiger partial charge is 0.399 e. The van der Waals surface area contributed by atoms with E-state index in [0.717, 1.165) is 5.56 Å². The number of anilines is 1. The Hall–Kier alpha value is -1.81. The molecule has 0 atom stereocenters. The molecule has 0 spiro atoms. The Labute approximate surface area is 101 Å². The van der Waals surface area contributed by atoms with Crippen LogP contribution in [-0.4, -0.2) is 8.42 Å². The van der Waals surface area contributed by atoms with Crippen LogP contribution in [0.25, 0.3) is 0 Å². The summed E-state index contributed by atoms with van der Waals surface area (Å²) in [6.45, 7) is 1.78. The number of nitrogens with two attached hydrogens (primary N) is 1. The molecule has 0 aliphatic carbocycles. The van der Waals surface area contributed by atoms with Crippen LogP contribution in [0.1, 0.15) is 5.56 Å². The van der Waals surface area contributed by atoms with Gasteiger partial charge >= 0.3 is 0 Å². The molecule has 2 rings (SSSR count). The zero-order chi connectivity index (χ0) is 12.5. The Bertz CT molecular complexity index is 634. The molecular weight excluding hydrogens is 234 g/mol. The lowest BCUT2D eigenvalue weighted by atomic mass is 10.2. The van der Waals surface area contributed by atoms with Crippen molar-refractivity contribution in [2.45, 2.75) is 16.7 Å². The summed E-state index contributed by atoms with van der Waals surface area (Å²) in [5.41, 5.74) is 7.02. The van der Waals surface area contributed by atoms with Gasteiger partial charge in [-0.15, -0.1) is 0 Å². The zero-order valence-electron chi connectivity index (χ0n) is 9.34. The zero-order valence-corrected chi connectivity index (χ0v) is 10.2. The summed E-state index contributed by atoms with van der Waals surface area (Å²) in [6.07, 6.45) is 0. The summed E-state index contributed by atoms with van der Waals surface area (Å²) in [5, 5.41) is 0. The second kappa shape index (κ2) is 4.22. The lowest BCUT2D eigenvalue weighted by Gasteiger charge is -2.06. The van der Waals surface area contributed by atoms with Crippen molar-refractivity contribution >= 4 is 15.5 Å². The normalized spacial score (nSPS) is 11.4. The van der Waals surface area contributed by atoms with Gasteiger partial charge in [-0.3, -0.25) is 0 Å². The predicted molar refractivity (Wildman–Crippen MR) is 66.3 cm³/mol. The minimum absolute atomic E-state index is 0.260. The lowest BCUT2D eigenvalue weighted by Crippen LogP contribution is -2.03. The molecule has 0 bridgehead atoms. The number of sulfone groups is 1. The SMILES string of the molecule is Cc1cc(S(=O)(=O)c2cc[c]cc2)ccc1N. The van der Waals surface area contributed by atoms with Crippen molar-refractivity contribution in [2.75, 3.05) is 5.73 Å². The summed E-state index contributed by atoms with van der Waals surface area (Å²) in [4.78, 5) is 0.524. The molecule has 0 saturated carbocycles. The predicted octanol–water partition coefficient (Wildman–Crippen LogP) is 2.21. The van der Waals surface area contributed by atoms with Crippen molar-refractivity contribution < 1.29 is 8.42 Å². The molecule has 0 heterocycles. The maximum absolute atomic E-state index is 12.2. The van der Waals surface area contributed by atoms with Crippen LogP contribution >= 0.6 is 0 Å². The summed E-state index contributed by atoms with van der Waals surface area (Å²) < 4.78 is 24.5. The third kappa shape index (κ3) is 2.17. The summed E-state index contributed by atoms with van der Waals surface area (Å²) in [6, 6.07) is 13.7. The number of nitrogen functional groups attached to an aromatic ring is 1. The Morgan fingerprint density at radius 1 is 1.06 bits per heavy atom. The van der Waals surface area contributed by atoms with Crippen molar-refractivity contribution in [3.63, 3.8) is 0 Å². The minimum atomic E-state index is -3.45. The number of benzene rings is 2. The first kappa shape index (κ1) is 11.7. The Morgan fingerprint density at radius 3 is 2.29 bits per heavy atom. The quantitative estimate of drug-likeness (QED) is 0.826. The molecule has 17 heavy (non-hydrogen) atoms. The summed E-state index contributed by atoms with van der Waals surface area (Å²) >= 11 is 0. The summed E-state index contributed by atoms with van der Waals surface area (Å²) in [5.74, 6) is 0. The highest BCUT2D eigenvalue weighted by Gasteiger charge is 2.17. The van der Waals surface area contributed by atoms with Crippen molar-refractivity contribution in [2.24, 2.45) is 0 Å². The number of hydrogen-bond donors (Lipinski definition) is 1. The van der Waals surface area contributed by atoms with Gasteiger partial charge in [0.05, 0.1) is 9.79 Å². The third-order valence-electron chi connectivity index (χ3n) is 2.55. The molecule has 0 aliphatic rings. The average molecular weight is 246 g/mol. The Kier molecular flexibility index (Phi) is 2.90. The van der Waals surface area contributed by atoms with Crippen LogP contribution in [0.2, 0.25) is 0 Å². The molecule has 2 aromatic carbocycles.